The molecular formula is C8H2F5IN2O. The van der Waals surface area contributed by atoms with Gasteiger partial charge in [0.25, 0.3) is 6.43 Å². The highest BCUT2D eigenvalue weighted by atomic mass is 127. The third-order valence-corrected chi connectivity index (χ3v) is 2.33. The molecule has 1 rings (SSSR count). The Morgan fingerprint density at radius 1 is 1.41 bits per heavy atom. The average molecular weight is 364 g/mol. The van der Waals surface area contributed by atoms with Gasteiger partial charge in [0.1, 0.15) is 6.07 Å². The summed E-state index contributed by atoms with van der Waals surface area (Å²) >= 11 is 1.50. The third kappa shape index (κ3) is 3.65. The van der Waals surface area contributed by atoms with E-state index in [1.165, 1.54) is 28.7 Å². The van der Waals surface area contributed by atoms with E-state index in [0.717, 1.165) is 0 Å². The summed E-state index contributed by atoms with van der Waals surface area (Å²) in [6.07, 6.45) is -8.36. The number of nitriles is 1. The Morgan fingerprint density at radius 2 is 2.00 bits per heavy atom. The van der Waals surface area contributed by atoms with Crippen molar-refractivity contribution in [2.24, 2.45) is 0 Å². The molecule has 1 aromatic heterocycles. The van der Waals surface area contributed by atoms with Crippen molar-refractivity contribution in [2.75, 3.05) is 0 Å². The van der Waals surface area contributed by atoms with Crippen LogP contribution in [0.25, 0.3) is 0 Å². The molecule has 17 heavy (non-hydrogen) atoms. The van der Waals surface area contributed by atoms with Crippen molar-refractivity contribution in [2.45, 2.75) is 12.8 Å². The van der Waals surface area contributed by atoms with E-state index in [4.69, 9.17) is 5.26 Å². The summed E-state index contributed by atoms with van der Waals surface area (Å²) in [5.74, 6) is -1.10. The molecule has 0 atom stereocenters. The first-order valence-corrected chi connectivity index (χ1v) is 4.97. The molecule has 0 amide bonds. The molecule has 0 spiro atoms. The number of hydrogen-bond donors (Lipinski definition) is 0. The molecule has 0 N–H and O–H groups in total. The van der Waals surface area contributed by atoms with Crippen molar-refractivity contribution in [1.82, 2.24) is 4.98 Å². The molecule has 0 saturated carbocycles. The number of hydrogen-bond acceptors (Lipinski definition) is 3. The first-order chi connectivity index (χ1) is 7.74. The molecule has 3 nitrogen and oxygen atoms in total. The predicted molar refractivity (Wildman–Crippen MR) is 53.3 cm³/mol. The minimum Gasteiger partial charge on any atom is -0.404 e. The van der Waals surface area contributed by atoms with Crippen LogP contribution in [0.3, 0.4) is 0 Å². The monoisotopic (exact) mass is 364 g/mol. The molecule has 0 aliphatic carbocycles. The minimum absolute atomic E-state index is 0.00579. The second kappa shape index (κ2) is 4.99. The first kappa shape index (κ1) is 13.9. The normalized spacial score (nSPS) is 11.4. The molecule has 0 unspecified atom stereocenters. The second-order valence-corrected chi connectivity index (χ2v) is 3.82. The quantitative estimate of drug-likeness (QED) is 0.597. The molecule has 0 fully saturated rings. The summed E-state index contributed by atoms with van der Waals surface area (Å²) in [5.41, 5.74) is -1.59. The van der Waals surface area contributed by atoms with Gasteiger partial charge in [-0.3, -0.25) is 0 Å². The Bertz CT molecular complexity index is 468. The number of aromatic nitrogens is 1. The predicted octanol–water partition coefficient (Wildman–Crippen LogP) is 3.39. The molecule has 9 heteroatoms. The van der Waals surface area contributed by atoms with Gasteiger partial charge in [-0.05, 0) is 28.7 Å². The van der Waals surface area contributed by atoms with E-state index < -0.39 is 24.2 Å². The fourth-order valence-corrected chi connectivity index (χ4v) is 1.45. The van der Waals surface area contributed by atoms with Gasteiger partial charge in [0.15, 0.2) is 17.1 Å². The van der Waals surface area contributed by atoms with E-state index in [-0.39, 0.29) is 9.26 Å². The first-order valence-electron chi connectivity index (χ1n) is 3.89. The van der Waals surface area contributed by atoms with Crippen molar-refractivity contribution < 1.29 is 26.7 Å². The van der Waals surface area contributed by atoms with Crippen LogP contribution in [0.5, 0.6) is 5.75 Å². The molecule has 0 bridgehead atoms. The van der Waals surface area contributed by atoms with Gasteiger partial charge < -0.3 is 4.74 Å². The van der Waals surface area contributed by atoms with Crippen LogP contribution in [0, 0.1) is 14.9 Å². The number of pyridine rings is 1. The van der Waals surface area contributed by atoms with Crippen LogP contribution in [-0.4, -0.2) is 11.3 Å². The average Bonchev–Trinajstić information content (AvgIpc) is 2.14. The van der Waals surface area contributed by atoms with Crippen molar-refractivity contribution in [3.05, 3.63) is 21.0 Å². The van der Waals surface area contributed by atoms with Gasteiger partial charge in [-0.15, -0.1) is 13.2 Å². The van der Waals surface area contributed by atoms with Crippen LogP contribution in [0.2, 0.25) is 0 Å². The van der Waals surface area contributed by atoms with Crippen LogP contribution in [0.1, 0.15) is 17.8 Å². The van der Waals surface area contributed by atoms with Gasteiger partial charge in [0.05, 0.1) is 3.57 Å². The smallest absolute Gasteiger partial charge is 0.404 e. The van der Waals surface area contributed by atoms with E-state index in [2.05, 4.69) is 9.72 Å². The van der Waals surface area contributed by atoms with Crippen LogP contribution in [0.4, 0.5) is 22.0 Å². The second-order valence-electron chi connectivity index (χ2n) is 2.66. The van der Waals surface area contributed by atoms with Gasteiger partial charge >= 0.3 is 6.36 Å². The Hall–Kier alpha value is -1.18. The largest absolute Gasteiger partial charge is 0.573 e. The van der Waals surface area contributed by atoms with Crippen LogP contribution >= 0.6 is 22.6 Å². The molecule has 0 saturated heterocycles. The Morgan fingerprint density at radius 3 is 2.41 bits per heavy atom. The van der Waals surface area contributed by atoms with E-state index in [0.29, 0.717) is 6.07 Å². The third-order valence-electron chi connectivity index (χ3n) is 1.51. The van der Waals surface area contributed by atoms with Gasteiger partial charge in [-0.25, -0.2) is 13.8 Å². The minimum atomic E-state index is -5.09. The van der Waals surface area contributed by atoms with E-state index >= 15 is 0 Å². The van der Waals surface area contributed by atoms with Crippen LogP contribution in [0.15, 0.2) is 6.07 Å². The van der Waals surface area contributed by atoms with Gasteiger partial charge in [0, 0.05) is 0 Å². The molecule has 0 radical (unpaired) electrons. The van der Waals surface area contributed by atoms with Crippen molar-refractivity contribution in [3.8, 4) is 11.8 Å². The van der Waals surface area contributed by atoms with Gasteiger partial charge in [-0.2, -0.15) is 5.26 Å². The summed E-state index contributed by atoms with van der Waals surface area (Å²) in [6, 6.07) is 2.19. The van der Waals surface area contributed by atoms with Gasteiger partial charge in [0.2, 0.25) is 0 Å². The number of ether oxygens (including phenoxy) is 1. The number of halogens is 6. The molecule has 0 aliphatic heterocycles. The molecule has 1 heterocycles. The fraction of sp³-hybridized carbons (Fsp3) is 0.250. The molecule has 92 valence electrons. The fourth-order valence-electron chi connectivity index (χ4n) is 0.928. The van der Waals surface area contributed by atoms with Crippen LogP contribution < -0.4 is 4.74 Å². The Kier molecular flexibility index (Phi) is 4.07. The SMILES string of the molecule is N#Cc1nc(C(F)F)c(OC(F)(F)F)cc1I. The highest BCUT2D eigenvalue weighted by molar-refractivity contribution is 14.1. The molecule has 0 aromatic carbocycles. The number of nitrogens with zero attached hydrogens (tertiary/aromatic N) is 2. The maximum absolute atomic E-state index is 12.4. The highest BCUT2D eigenvalue weighted by Crippen LogP contribution is 2.33. The topological polar surface area (TPSA) is 45.9 Å². The van der Waals surface area contributed by atoms with Crippen molar-refractivity contribution in [3.63, 3.8) is 0 Å². The van der Waals surface area contributed by atoms with Crippen molar-refractivity contribution in [1.29, 1.82) is 5.26 Å². The lowest BCUT2D eigenvalue weighted by molar-refractivity contribution is -0.275. The van der Waals surface area contributed by atoms with Gasteiger partial charge in [-0.1, -0.05) is 0 Å². The Labute approximate surface area is 105 Å². The standard InChI is InChI=1S/C8H2F5IN2O/c9-7(10)6-5(17-8(11,12)13)1-3(14)4(2-15)16-6/h1,7H. The lowest BCUT2D eigenvalue weighted by Gasteiger charge is -2.12. The number of rotatable bonds is 2. The zero-order chi connectivity index (χ0) is 13.2. The summed E-state index contributed by atoms with van der Waals surface area (Å²) in [4.78, 5) is 3.13. The van der Waals surface area contributed by atoms with E-state index in [9.17, 15) is 22.0 Å². The van der Waals surface area contributed by atoms with Crippen molar-refractivity contribution >= 4 is 22.6 Å². The zero-order valence-corrected chi connectivity index (χ0v) is 9.88. The molecule has 1 aromatic rings. The maximum Gasteiger partial charge on any atom is 0.573 e. The Balaban J connectivity index is 3.29. The van der Waals surface area contributed by atoms with E-state index in [1.807, 2.05) is 0 Å². The van der Waals surface area contributed by atoms with E-state index in [1.54, 1.807) is 0 Å². The molecule has 0 aliphatic rings. The maximum atomic E-state index is 12.4. The lowest BCUT2D eigenvalue weighted by atomic mass is 10.3. The summed E-state index contributed by atoms with van der Waals surface area (Å²) in [6.45, 7) is 0. The lowest BCUT2D eigenvalue weighted by Crippen LogP contribution is -2.19. The number of alkyl halides is 5. The molecular weight excluding hydrogens is 362 g/mol. The van der Waals surface area contributed by atoms with Crippen LogP contribution in [-0.2, 0) is 0 Å². The highest BCUT2D eigenvalue weighted by Gasteiger charge is 2.34. The zero-order valence-electron chi connectivity index (χ0n) is 7.73. The summed E-state index contributed by atoms with van der Waals surface area (Å²) in [7, 11) is 0. The summed E-state index contributed by atoms with van der Waals surface area (Å²) < 4.78 is 64.1. The summed E-state index contributed by atoms with van der Waals surface area (Å²) in [5, 5.41) is 8.52.